The summed E-state index contributed by atoms with van der Waals surface area (Å²) >= 11 is 0. The third-order valence-electron chi connectivity index (χ3n) is 5.51. The molecule has 2 aromatic carbocycles. The Morgan fingerprint density at radius 1 is 1.11 bits per heavy atom. The number of hydrogen-bond acceptors (Lipinski definition) is 7. The first-order chi connectivity index (χ1) is 16.9. The second-order valence-corrected chi connectivity index (χ2v) is 7.90. The zero-order valence-corrected chi connectivity index (χ0v) is 19.4. The number of ether oxygens (including phenoxy) is 3. The van der Waals surface area contributed by atoms with Crippen LogP contribution in [0.15, 0.2) is 66.9 Å². The second kappa shape index (κ2) is 10.7. The van der Waals surface area contributed by atoms with E-state index in [9.17, 15) is 14.4 Å². The van der Waals surface area contributed by atoms with Crippen molar-refractivity contribution in [2.45, 2.75) is 18.9 Å². The van der Waals surface area contributed by atoms with Gasteiger partial charge in [-0.05, 0) is 42.3 Å². The first-order valence-corrected chi connectivity index (χ1v) is 11.0. The molecule has 3 aromatic rings. The second-order valence-electron chi connectivity index (χ2n) is 7.90. The number of anilines is 1. The molecule has 1 aromatic heterocycles. The SMILES string of the molecule is COC(=O)CCc1ccc2c(c1)N(C)C(=O)[C@@H](NC(=O)c1cc(Oc3ccccc3)ccn1)CO2. The number of esters is 1. The summed E-state index contributed by atoms with van der Waals surface area (Å²) in [6.07, 6.45) is 2.16. The molecule has 1 atom stereocenters. The van der Waals surface area contributed by atoms with Gasteiger partial charge in [0.15, 0.2) is 0 Å². The van der Waals surface area contributed by atoms with Crippen LogP contribution < -0.4 is 19.7 Å². The molecule has 1 aliphatic rings. The summed E-state index contributed by atoms with van der Waals surface area (Å²) in [7, 11) is 2.96. The minimum Gasteiger partial charge on any atom is -0.489 e. The van der Waals surface area contributed by atoms with E-state index in [2.05, 4.69) is 15.0 Å². The van der Waals surface area contributed by atoms with Gasteiger partial charge in [0.1, 0.15) is 35.6 Å². The van der Waals surface area contributed by atoms with Gasteiger partial charge in [-0.25, -0.2) is 0 Å². The average molecular weight is 476 g/mol. The number of aromatic nitrogens is 1. The fourth-order valence-electron chi connectivity index (χ4n) is 3.61. The van der Waals surface area contributed by atoms with E-state index in [0.29, 0.717) is 29.4 Å². The minimum atomic E-state index is -0.918. The molecule has 2 heterocycles. The summed E-state index contributed by atoms with van der Waals surface area (Å²) in [5.74, 6) is 0.417. The van der Waals surface area contributed by atoms with Gasteiger partial charge in [0.25, 0.3) is 11.8 Å². The lowest BCUT2D eigenvalue weighted by Gasteiger charge is -2.20. The van der Waals surface area contributed by atoms with Crippen LogP contribution in [-0.4, -0.2) is 49.6 Å². The number of methoxy groups -OCH3 is 1. The van der Waals surface area contributed by atoms with E-state index in [-0.39, 0.29) is 30.6 Å². The molecule has 9 heteroatoms. The van der Waals surface area contributed by atoms with Crippen LogP contribution >= 0.6 is 0 Å². The first-order valence-electron chi connectivity index (χ1n) is 11.0. The zero-order valence-electron chi connectivity index (χ0n) is 19.4. The topological polar surface area (TPSA) is 107 Å². The summed E-state index contributed by atoms with van der Waals surface area (Å²) in [6, 6.07) is 16.8. The third-order valence-corrected chi connectivity index (χ3v) is 5.51. The summed E-state index contributed by atoms with van der Waals surface area (Å²) < 4.78 is 16.3. The highest BCUT2D eigenvalue weighted by Crippen LogP contribution is 2.32. The van der Waals surface area contributed by atoms with E-state index in [4.69, 9.17) is 9.47 Å². The van der Waals surface area contributed by atoms with Crippen molar-refractivity contribution in [2.24, 2.45) is 0 Å². The molecule has 0 fully saturated rings. The number of aryl methyl sites for hydroxylation is 1. The molecule has 4 rings (SSSR count). The highest BCUT2D eigenvalue weighted by molar-refractivity contribution is 6.03. The Labute approximate surface area is 202 Å². The van der Waals surface area contributed by atoms with Crippen molar-refractivity contribution in [2.75, 3.05) is 25.7 Å². The summed E-state index contributed by atoms with van der Waals surface area (Å²) in [6.45, 7) is -0.0381. The van der Waals surface area contributed by atoms with Crippen LogP contribution in [0.25, 0.3) is 0 Å². The number of carbonyl (C=O) groups excluding carboxylic acids is 3. The van der Waals surface area contributed by atoms with E-state index in [0.717, 1.165) is 5.56 Å². The van der Waals surface area contributed by atoms with Gasteiger partial charge in [0.2, 0.25) is 0 Å². The Kier molecular flexibility index (Phi) is 7.25. The first kappa shape index (κ1) is 23.7. The number of hydrogen-bond donors (Lipinski definition) is 1. The Balaban J connectivity index is 1.44. The molecule has 180 valence electrons. The molecule has 1 N–H and O–H groups in total. The monoisotopic (exact) mass is 475 g/mol. The maximum atomic E-state index is 13.1. The molecule has 1 aliphatic heterocycles. The summed E-state index contributed by atoms with van der Waals surface area (Å²) in [4.78, 5) is 43.0. The molecule has 0 spiro atoms. The quantitative estimate of drug-likeness (QED) is 0.523. The van der Waals surface area contributed by atoms with Gasteiger partial charge < -0.3 is 24.4 Å². The van der Waals surface area contributed by atoms with Gasteiger partial charge >= 0.3 is 5.97 Å². The van der Waals surface area contributed by atoms with Crippen molar-refractivity contribution >= 4 is 23.5 Å². The molecule has 0 aliphatic carbocycles. The van der Waals surface area contributed by atoms with Crippen molar-refractivity contribution < 1.29 is 28.6 Å². The predicted octanol–water partition coefficient (Wildman–Crippen LogP) is 3.13. The van der Waals surface area contributed by atoms with Gasteiger partial charge in [-0.15, -0.1) is 0 Å². The predicted molar refractivity (Wildman–Crippen MR) is 128 cm³/mol. The lowest BCUT2D eigenvalue weighted by Crippen LogP contribution is -2.49. The van der Waals surface area contributed by atoms with Gasteiger partial charge in [0.05, 0.1) is 12.8 Å². The maximum absolute atomic E-state index is 13.1. The van der Waals surface area contributed by atoms with E-state index in [1.54, 1.807) is 37.4 Å². The smallest absolute Gasteiger partial charge is 0.305 e. The number of rotatable bonds is 7. The zero-order chi connectivity index (χ0) is 24.8. The Bertz CT molecular complexity index is 1230. The molecular weight excluding hydrogens is 450 g/mol. The van der Waals surface area contributed by atoms with Gasteiger partial charge in [-0.3, -0.25) is 19.4 Å². The molecule has 2 amide bonds. The fraction of sp³-hybridized carbons (Fsp3) is 0.231. The number of fused-ring (bicyclic) bond motifs is 1. The number of amides is 2. The number of benzene rings is 2. The molecule has 0 saturated heterocycles. The average Bonchev–Trinajstić information content (AvgIpc) is 3.00. The van der Waals surface area contributed by atoms with Crippen LogP contribution in [0.2, 0.25) is 0 Å². The lowest BCUT2D eigenvalue weighted by molar-refractivity contribution is -0.140. The molecule has 0 radical (unpaired) electrons. The van der Waals surface area contributed by atoms with Crippen molar-refractivity contribution in [1.82, 2.24) is 10.3 Å². The van der Waals surface area contributed by atoms with E-state index in [1.807, 2.05) is 24.3 Å². The normalized spacial score (nSPS) is 14.9. The van der Waals surface area contributed by atoms with Gasteiger partial charge in [-0.1, -0.05) is 24.3 Å². The van der Waals surface area contributed by atoms with Crippen LogP contribution in [0.1, 0.15) is 22.5 Å². The Morgan fingerprint density at radius 2 is 1.91 bits per heavy atom. The Hall–Kier alpha value is -4.40. The molecule has 35 heavy (non-hydrogen) atoms. The van der Waals surface area contributed by atoms with Crippen molar-refractivity contribution in [3.05, 3.63) is 78.1 Å². The molecule has 0 bridgehead atoms. The minimum absolute atomic E-state index is 0.0381. The number of nitrogens with zero attached hydrogens (tertiary/aromatic N) is 2. The van der Waals surface area contributed by atoms with E-state index < -0.39 is 11.9 Å². The Morgan fingerprint density at radius 3 is 2.69 bits per heavy atom. The lowest BCUT2D eigenvalue weighted by atomic mass is 10.1. The highest BCUT2D eigenvalue weighted by Gasteiger charge is 2.31. The maximum Gasteiger partial charge on any atom is 0.305 e. The number of nitrogens with one attached hydrogen (secondary N) is 1. The molecular formula is C26H25N3O6. The van der Waals surface area contributed by atoms with E-state index >= 15 is 0 Å². The highest BCUT2D eigenvalue weighted by atomic mass is 16.5. The standard InChI is InChI=1S/C26H25N3O6/c1-29-22-14-17(9-11-24(30)33-2)8-10-23(22)34-16-21(26(29)32)28-25(31)20-15-19(12-13-27-20)35-18-6-4-3-5-7-18/h3-8,10,12-15,21H,9,11,16H2,1-2H3,(H,28,31)/t21-/m0/s1. The summed E-state index contributed by atoms with van der Waals surface area (Å²) in [5.41, 5.74) is 1.53. The largest absolute Gasteiger partial charge is 0.489 e. The van der Waals surface area contributed by atoms with E-state index in [1.165, 1.54) is 24.3 Å². The van der Waals surface area contributed by atoms with Gasteiger partial charge in [0, 0.05) is 25.7 Å². The van der Waals surface area contributed by atoms with Crippen molar-refractivity contribution in [1.29, 1.82) is 0 Å². The number of carbonyl (C=O) groups is 3. The van der Waals surface area contributed by atoms with Crippen LogP contribution in [0, 0.1) is 0 Å². The summed E-state index contributed by atoms with van der Waals surface area (Å²) in [5, 5.41) is 2.71. The molecule has 0 unspecified atom stereocenters. The number of pyridine rings is 1. The van der Waals surface area contributed by atoms with Crippen molar-refractivity contribution in [3.8, 4) is 17.2 Å². The number of likely N-dealkylation sites (N-methyl/N-ethyl adjacent to an activating group) is 1. The molecule has 9 nitrogen and oxygen atoms in total. The van der Waals surface area contributed by atoms with Crippen LogP contribution in [-0.2, 0) is 20.7 Å². The van der Waals surface area contributed by atoms with Crippen LogP contribution in [0.3, 0.4) is 0 Å². The molecule has 0 saturated carbocycles. The van der Waals surface area contributed by atoms with Crippen LogP contribution in [0.5, 0.6) is 17.2 Å². The fourth-order valence-corrected chi connectivity index (χ4v) is 3.61. The van der Waals surface area contributed by atoms with Crippen molar-refractivity contribution in [3.63, 3.8) is 0 Å². The van der Waals surface area contributed by atoms with Gasteiger partial charge in [-0.2, -0.15) is 0 Å². The number of para-hydroxylation sites is 1. The third kappa shape index (κ3) is 5.75. The van der Waals surface area contributed by atoms with Crippen LogP contribution in [0.4, 0.5) is 5.69 Å².